The lowest BCUT2D eigenvalue weighted by Crippen LogP contribution is -2.17. The Balaban J connectivity index is 1.61. The van der Waals surface area contributed by atoms with Crippen molar-refractivity contribution in [1.29, 1.82) is 0 Å². The summed E-state index contributed by atoms with van der Waals surface area (Å²) in [6, 6.07) is 5.20. The highest BCUT2D eigenvalue weighted by molar-refractivity contribution is 7.99. The molecule has 2 aromatic rings. The zero-order chi connectivity index (χ0) is 16.4. The number of fused-ring (bicyclic) bond motifs is 1. The molecular weight excluding hydrogens is 318 g/mol. The van der Waals surface area contributed by atoms with Crippen LogP contribution in [0.5, 0.6) is 11.5 Å². The van der Waals surface area contributed by atoms with E-state index in [2.05, 4.69) is 15.3 Å². The maximum Gasteiger partial charge on any atom is 0.254 e. The smallest absolute Gasteiger partial charge is 0.254 e. The normalized spacial score (nSPS) is 12.3. The molecule has 0 saturated carbocycles. The third-order valence-corrected chi connectivity index (χ3v) is 4.24. The average molecular weight is 333 g/mol. The molecule has 2 N–H and O–H groups in total. The Bertz CT molecular complexity index is 819. The van der Waals surface area contributed by atoms with Crippen molar-refractivity contribution in [2.45, 2.75) is 19.0 Å². The van der Waals surface area contributed by atoms with Crippen molar-refractivity contribution < 1.29 is 14.3 Å². The largest absolute Gasteiger partial charge is 0.454 e. The van der Waals surface area contributed by atoms with Crippen molar-refractivity contribution in [3.8, 4) is 11.5 Å². The Morgan fingerprint density at radius 1 is 1.35 bits per heavy atom. The first-order valence-electron chi connectivity index (χ1n) is 6.93. The van der Waals surface area contributed by atoms with Gasteiger partial charge < -0.3 is 19.8 Å². The molecule has 2 heterocycles. The second-order valence-electron chi connectivity index (χ2n) is 4.99. The molecule has 0 bridgehead atoms. The van der Waals surface area contributed by atoms with E-state index in [1.54, 1.807) is 32.0 Å². The van der Waals surface area contributed by atoms with Gasteiger partial charge in [-0.1, -0.05) is 11.8 Å². The number of hydrogen-bond acceptors (Lipinski definition) is 6. The second kappa shape index (κ2) is 6.33. The van der Waals surface area contributed by atoms with E-state index in [1.807, 2.05) is 0 Å². The Labute approximate surface area is 136 Å². The molecule has 1 aliphatic rings. The number of rotatable bonds is 4. The number of H-pyrrole nitrogens is 1. The van der Waals surface area contributed by atoms with Gasteiger partial charge in [-0.3, -0.25) is 9.59 Å². The van der Waals surface area contributed by atoms with Gasteiger partial charge in [0.2, 0.25) is 12.7 Å². The maximum absolute atomic E-state index is 12.0. The number of aromatic amines is 1. The third-order valence-electron chi connectivity index (χ3n) is 3.37. The molecule has 1 aromatic carbocycles. The van der Waals surface area contributed by atoms with E-state index >= 15 is 0 Å². The summed E-state index contributed by atoms with van der Waals surface area (Å²) in [4.78, 5) is 30.6. The molecule has 0 unspecified atom stereocenters. The summed E-state index contributed by atoms with van der Waals surface area (Å²) in [5, 5.41) is 3.20. The van der Waals surface area contributed by atoms with E-state index in [0.29, 0.717) is 33.6 Å². The second-order valence-corrected chi connectivity index (χ2v) is 5.95. The predicted molar refractivity (Wildman–Crippen MR) is 86.3 cm³/mol. The highest BCUT2D eigenvalue weighted by Crippen LogP contribution is 2.34. The first-order valence-corrected chi connectivity index (χ1v) is 7.91. The van der Waals surface area contributed by atoms with Gasteiger partial charge in [0.1, 0.15) is 0 Å². The van der Waals surface area contributed by atoms with Crippen LogP contribution in [0.2, 0.25) is 0 Å². The molecule has 0 spiro atoms. The van der Waals surface area contributed by atoms with Crippen molar-refractivity contribution in [1.82, 2.24) is 9.97 Å². The van der Waals surface area contributed by atoms with Crippen LogP contribution < -0.4 is 20.3 Å². The lowest BCUT2D eigenvalue weighted by atomic mass is 10.3. The molecule has 120 valence electrons. The minimum Gasteiger partial charge on any atom is -0.454 e. The number of aromatic nitrogens is 2. The van der Waals surface area contributed by atoms with Crippen molar-refractivity contribution in [3.63, 3.8) is 0 Å². The number of nitrogens with one attached hydrogen (secondary N) is 2. The number of benzene rings is 1. The zero-order valence-corrected chi connectivity index (χ0v) is 13.5. The number of carbonyl (C=O) groups is 1. The number of nitrogens with zero attached hydrogens (tertiary/aromatic N) is 1. The number of amides is 1. The Kier molecular flexibility index (Phi) is 4.24. The van der Waals surface area contributed by atoms with Gasteiger partial charge in [-0.2, -0.15) is 0 Å². The number of carbonyl (C=O) groups excluding carboxylic acids is 1. The van der Waals surface area contributed by atoms with Crippen LogP contribution in [0.3, 0.4) is 0 Å². The van der Waals surface area contributed by atoms with Crippen molar-refractivity contribution >= 4 is 23.4 Å². The van der Waals surface area contributed by atoms with E-state index in [1.165, 1.54) is 11.8 Å². The Hall–Kier alpha value is -2.48. The van der Waals surface area contributed by atoms with E-state index in [0.717, 1.165) is 0 Å². The lowest BCUT2D eigenvalue weighted by molar-refractivity contribution is -0.113. The summed E-state index contributed by atoms with van der Waals surface area (Å²) in [5.74, 6) is 1.21. The van der Waals surface area contributed by atoms with Gasteiger partial charge in [0, 0.05) is 23.0 Å². The van der Waals surface area contributed by atoms with Gasteiger partial charge in [0.15, 0.2) is 16.7 Å². The summed E-state index contributed by atoms with van der Waals surface area (Å²) >= 11 is 1.18. The average Bonchev–Trinajstić information content (AvgIpc) is 2.98. The molecule has 0 atom stereocenters. The Morgan fingerprint density at radius 3 is 2.91 bits per heavy atom. The summed E-state index contributed by atoms with van der Waals surface area (Å²) in [6.45, 7) is 3.66. The molecule has 0 fully saturated rings. The van der Waals surface area contributed by atoms with Crippen molar-refractivity contribution in [2.75, 3.05) is 17.9 Å². The first kappa shape index (κ1) is 15.4. The molecule has 1 amide bonds. The van der Waals surface area contributed by atoms with Crippen LogP contribution in [-0.2, 0) is 4.79 Å². The van der Waals surface area contributed by atoms with Gasteiger partial charge in [-0.05, 0) is 26.0 Å². The van der Waals surface area contributed by atoms with Crippen LogP contribution >= 0.6 is 11.8 Å². The fourth-order valence-electron chi connectivity index (χ4n) is 1.99. The molecule has 7 nitrogen and oxygen atoms in total. The van der Waals surface area contributed by atoms with Crippen molar-refractivity contribution in [3.05, 3.63) is 39.8 Å². The van der Waals surface area contributed by atoms with Crippen LogP contribution in [0.25, 0.3) is 0 Å². The molecule has 1 aromatic heterocycles. The summed E-state index contributed by atoms with van der Waals surface area (Å²) < 4.78 is 10.5. The van der Waals surface area contributed by atoms with Gasteiger partial charge in [0.25, 0.3) is 5.56 Å². The summed E-state index contributed by atoms with van der Waals surface area (Å²) in [7, 11) is 0. The van der Waals surface area contributed by atoms with Gasteiger partial charge in [-0.15, -0.1) is 0 Å². The van der Waals surface area contributed by atoms with Crippen LogP contribution in [0.15, 0.2) is 28.2 Å². The van der Waals surface area contributed by atoms with E-state index < -0.39 is 0 Å². The van der Waals surface area contributed by atoms with E-state index in [-0.39, 0.29) is 24.0 Å². The zero-order valence-electron chi connectivity index (χ0n) is 12.6. The predicted octanol–water partition coefficient (Wildman–Crippen LogP) is 1.85. The third kappa shape index (κ3) is 3.48. The summed E-state index contributed by atoms with van der Waals surface area (Å²) in [5.41, 5.74) is 1.68. The van der Waals surface area contributed by atoms with E-state index in [4.69, 9.17) is 9.47 Å². The molecular formula is C15H15N3O4S. The number of aryl methyl sites for hydroxylation is 1. The van der Waals surface area contributed by atoms with Gasteiger partial charge >= 0.3 is 0 Å². The molecule has 0 aliphatic carbocycles. The molecule has 8 heteroatoms. The van der Waals surface area contributed by atoms with Crippen LogP contribution in [-0.4, -0.2) is 28.4 Å². The number of anilines is 1. The quantitative estimate of drug-likeness (QED) is 0.655. The number of ether oxygens (including phenoxy) is 2. The van der Waals surface area contributed by atoms with E-state index in [9.17, 15) is 9.59 Å². The first-order chi connectivity index (χ1) is 11.0. The monoisotopic (exact) mass is 333 g/mol. The SMILES string of the molecule is Cc1nc(SCC(=O)Nc2ccc3c(c2)OCO3)[nH]c(=O)c1C. The van der Waals surface area contributed by atoms with Crippen LogP contribution in [0.1, 0.15) is 11.3 Å². The van der Waals surface area contributed by atoms with Crippen molar-refractivity contribution in [2.24, 2.45) is 0 Å². The fraction of sp³-hybridized carbons (Fsp3) is 0.267. The minimum absolute atomic E-state index is 0.139. The maximum atomic E-state index is 12.0. The molecule has 23 heavy (non-hydrogen) atoms. The topological polar surface area (TPSA) is 93.3 Å². The molecule has 1 aliphatic heterocycles. The highest BCUT2D eigenvalue weighted by atomic mass is 32.2. The molecule has 3 rings (SSSR count). The lowest BCUT2D eigenvalue weighted by Gasteiger charge is -2.06. The fourth-order valence-corrected chi connectivity index (χ4v) is 2.70. The standard InChI is InChI=1S/C15H15N3O4S/c1-8-9(2)16-15(18-14(8)20)23-6-13(19)17-10-3-4-11-12(5-10)22-7-21-11/h3-5H,6-7H2,1-2H3,(H,17,19)(H,16,18,20). The summed E-state index contributed by atoms with van der Waals surface area (Å²) in [6.07, 6.45) is 0. The van der Waals surface area contributed by atoms with Gasteiger partial charge in [-0.25, -0.2) is 4.98 Å². The number of thioether (sulfide) groups is 1. The molecule has 0 saturated heterocycles. The number of hydrogen-bond donors (Lipinski definition) is 2. The molecule has 0 radical (unpaired) electrons. The highest BCUT2D eigenvalue weighted by Gasteiger charge is 2.14. The van der Waals surface area contributed by atoms with Crippen LogP contribution in [0, 0.1) is 13.8 Å². The van der Waals surface area contributed by atoms with Crippen LogP contribution in [0.4, 0.5) is 5.69 Å². The van der Waals surface area contributed by atoms with Gasteiger partial charge in [0.05, 0.1) is 5.75 Å². The minimum atomic E-state index is -0.199. The Morgan fingerprint density at radius 2 is 2.13 bits per heavy atom.